The number of hydroxylamine groups is 2. The zero-order valence-electron chi connectivity index (χ0n) is 17.1. The summed E-state index contributed by atoms with van der Waals surface area (Å²) in [5.74, 6) is 0.818. The molecule has 0 bridgehead atoms. The smallest absolute Gasteiger partial charge is 0.215 e. The molecule has 0 aromatic carbocycles. The molecule has 3 rings (SSSR count). The monoisotopic (exact) mass is 383 g/mol. The maximum Gasteiger partial charge on any atom is 0.215 e. The van der Waals surface area contributed by atoms with Gasteiger partial charge in [-0.3, -0.25) is 9.63 Å². The fraction of sp³-hybridized carbons (Fsp3) is 0.476. The number of pyridine rings is 2. The zero-order valence-corrected chi connectivity index (χ0v) is 17.1. The van der Waals surface area contributed by atoms with Gasteiger partial charge in [-0.15, -0.1) is 0 Å². The molecule has 0 unspecified atom stereocenters. The highest BCUT2D eigenvalue weighted by molar-refractivity contribution is 6.10. The van der Waals surface area contributed by atoms with Crippen LogP contribution < -0.4 is 10.6 Å². The van der Waals surface area contributed by atoms with Crippen molar-refractivity contribution in [2.24, 2.45) is 0 Å². The minimum Gasteiger partial charge on any atom is -0.383 e. The number of nitrogens with zero attached hydrogens (tertiary/aromatic N) is 4. The van der Waals surface area contributed by atoms with E-state index in [2.05, 4.69) is 35.6 Å². The van der Waals surface area contributed by atoms with Crippen molar-refractivity contribution >= 4 is 17.4 Å². The molecule has 1 fully saturated rings. The van der Waals surface area contributed by atoms with E-state index in [0.717, 1.165) is 44.0 Å². The highest BCUT2D eigenvalue weighted by Gasteiger charge is 2.22. The van der Waals surface area contributed by atoms with Crippen LogP contribution in [-0.4, -0.2) is 52.6 Å². The number of nitrogen functional groups attached to an aromatic ring is 1. The Morgan fingerprint density at radius 1 is 1.18 bits per heavy atom. The van der Waals surface area contributed by atoms with Crippen molar-refractivity contribution in [3.63, 3.8) is 0 Å². The third kappa shape index (κ3) is 5.05. The average Bonchev–Trinajstić information content (AvgIpc) is 2.87. The number of ketones is 1. The standard InChI is InChI=1S/C21H29N5O2/c1-15-13-16(20(22)23-14-15)19(27)17-7-5-8-18(24-17)25-9-6-10-26(12-11-25)28-21(2,3)4/h5,7-8,13-14H,6,9-12H2,1-4H3,(H2,22,23). The number of nitrogens with two attached hydrogens (primary N) is 1. The van der Waals surface area contributed by atoms with Crippen molar-refractivity contribution < 1.29 is 9.63 Å². The average molecular weight is 383 g/mol. The van der Waals surface area contributed by atoms with Gasteiger partial charge in [0.2, 0.25) is 5.78 Å². The number of hydrogen-bond donors (Lipinski definition) is 1. The van der Waals surface area contributed by atoms with Crippen LogP contribution in [0.3, 0.4) is 0 Å². The summed E-state index contributed by atoms with van der Waals surface area (Å²) in [6.07, 6.45) is 2.61. The largest absolute Gasteiger partial charge is 0.383 e. The van der Waals surface area contributed by atoms with Gasteiger partial charge in [-0.2, -0.15) is 5.06 Å². The molecule has 2 N–H and O–H groups in total. The Labute approximate surface area is 166 Å². The summed E-state index contributed by atoms with van der Waals surface area (Å²) in [5, 5.41) is 2.02. The van der Waals surface area contributed by atoms with Crippen LogP contribution in [0.1, 0.15) is 48.8 Å². The van der Waals surface area contributed by atoms with Gasteiger partial charge in [0, 0.05) is 32.4 Å². The first-order chi connectivity index (χ1) is 13.2. The topological polar surface area (TPSA) is 84.6 Å². The molecule has 28 heavy (non-hydrogen) atoms. The van der Waals surface area contributed by atoms with E-state index in [-0.39, 0.29) is 17.2 Å². The number of rotatable bonds is 4. The number of carbonyl (C=O) groups excluding carboxylic acids is 1. The van der Waals surface area contributed by atoms with Crippen LogP contribution in [0, 0.1) is 6.92 Å². The molecule has 1 aliphatic rings. The molecule has 3 heterocycles. The number of anilines is 2. The van der Waals surface area contributed by atoms with Gasteiger partial charge >= 0.3 is 0 Å². The molecule has 2 aromatic heterocycles. The summed E-state index contributed by atoms with van der Waals surface area (Å²) in [6.45, 7) is 11.4. The van der Waals surface area contributed by atoms with Crippen LogP contribution in [0.4, 0.5) is 11.6 Å². The summed E-state index contributed by atoms with van der Waals surface area (Å²) >= 11 is 0. The van der Waals surface area contributed by atoms with Gasteiger partial charge in [-0.1, -0.05) is 6.07 Å². The van der Waals surface area contributed by atoms with E-state index >= 15 is 0 Å². The van der Waals surface area contributed by atoms with E-state index in [1.54, 1.807) is 18.3 Å². The lowest BCUT2D eigenvalue weighted by atomic mass is 10.1. The third-order valence-electron chi connectivity index (χ3n) is 4.45. The van der Waals surface area contributed by atoms with Crippen LogP contribution >= 0.6 is 0 Å². The predicted octanol–water partition coefficient (Wildman–Crippen LogP) is 2.84. The van der Waals surface area contributed by atoms with Crippen LogP contribution in [-0.2, 0) is 4.84 Å². The lowest BCUT2D eigenvalue weighted by Gasteiger charge is -2.29. The number of hydrogen-bond acceptors (Lipinski definition) is 7. The normalized spacial score (nSPS) is 16.1. The summed E-state index contributed by atoms with van der Waals surface area (Å²) in [6, 6.07) is 7.28. The van der Waals surface area contributed by atoms with E-state index in [1.165, 1.54) is 0 Å². The van der Waals surface area contributed by atoms with Crippen LogP contribution in [0.5, 0.6) is 0 Å². The van der Waals surface area contributed by atoms with Crippen molar-refractivity contribution in [3.05, 3.63) is 47.3 Å². The second-order valence-corrected chi connectivity index (χ2v) is 8.13. The Kier molecular flexibility index (Phi) is 5.96. The van der Waals surface area contributed by atoms with Gasteiger partial charge in [-0.05, 0) is 57.9 Å². The molecule has 7 nitrogen and oxygen atoms in total. The quantitative estimate of drug-likeness (QED) is 0.813. The van der Waals surface area contributed by atoms with Crippen LogP contribution in [0.15, 0.2) is 30.5 Å². The van der Waals surface area contributed by atoms with Crippen LogP contribution in [0.25, 0.3) is 0 Å². The van der Waals surface area contributed by atoms with Gasteiger partial charge in [0.05, 0.1) is 11.2 Å². The lowest BCUT2D eigenvalue weighted by molar-refractivity contribution is -0.225. The van der Waals surface area contributed by atoms with Gasteiger partial charge in [0.15, 0.2) is 0 Å². The molecule has 0 aliphatic carbocycles. The number of aryl methyl sites for hydroxylation is 1. The highest BCUT2D eigenvalue weighted by atomic mass is 16.7. The molecular formula is C21H29N5O2. The Balaban J connectivity index is 1.76. The van der Waals surface area contributed by atoms with Crippen molar-refractivity contribution in [3.8, 4) is 0 Å². The maximum atomic E-state index is 12.9. The molecule has 150 valence electrons. The molecule has 1 aliphatic heterocycles. The van der Waals surface area contributed by atoms with Crippen molar-refractivity contribution in [1.29, 1.82) is 0 Å². The first-order valence-electron chi connectivity index (χ1n) is 9.66. The fourth-order valence-corrected chi connectivity index (χ4v) is 3.23. The van der Waals surface area contributed by atoms with Crippen LogP contribution in [0.2, 0.25) is 0 Å². The zero-order chi connectivity index (χ0) is 20.3. The fourth-order valence-electron chi connectivity index (χ4n) is 3.23. The van der Waals surface area contributed by atoms with E-state index in [1.807, 2.05) is 24.1 Å². The molecule has 0 saturated carbocycles. The molecule has 1 saturated heterocycles. The first kappa shape index (κ1) is 20.2. The van der Waals surface area contributed by atoms with E-state index in [4.69, 9.17) is 10.6 Å². The Morgan fingerprint density at radius 3 is 2.71 bits per heavy atom. The first-order valence-corrected chi connectivity index (χ1v) is 9.66. The molecular weight excluding hydrogens is 354 g/mol. The van der Waals surface area contributed by atoms with E-state index in [0.29, 0.717) is 11.3 Å². The molecule has 2 aromatic rings. The highest BCUT2D eigenvalue weighted by Crippen LogP contribution is 2.20. The van der Waals surface area contributed by atoms with Gasteiger partial charge in [0.1, 0.15) is 17.3 Å². The molecule has 0 spiro atoms. The van der Waals surface area contributed by atoms with Gasteiger partial charge in [0.25, 0.3) is 0 Å². The summed E-state index contributed by atoms with van der Waals surface area (Å²) in [5.41, 5.74) is 7.36. The van der Waals surface area contributed by atoms with Gasteiger partial charge in [-0.25, -0.2) is 9.97 Å². The van der Waals surface area contributed by atoms with Gasteiger partial charge < -0.3 is 10.6 Å². The Hall–Kier alpha value is -2.51. The third-order valence-corrected chi connectivity index (χ3v) is 4.45. The second kappa shape index (κ2) is 8.24. The van der Waals surface area contributed by atoms with Crippen molar-refractivity contribution in [2.45, 2.75) is 39.7 Å². The summed E-state index contributed by atoms with van der Waals surface area (Å²) in [7, 11) is 0. The predicted molar refractivity (Wildman–Crippen MR) is 110 cm³/mol. The Morgan fingerprint density at radius 2 is 1.96 bits per heavy atom. The minimum absolute atomic E-state index is 0.205. The maximum absolute atomic E-state index is 12.9. The van der Waals surface area contributed by atoms with E-state index in [9.17, 15) is 4.79 Å². The Bertz CT molecular complexity index is 847. The number of aromatic nitrogens is 2. The number of carbonyl (C=O) groups is 1. The summed E-state index contributed by atoms with van der Waals surface area (Å²) < 4.78 is 0. The SMILES string of the molecule is Cc1cnc(N)c(C(=O)c2cccc(N3CCCN(OC(C)(C)C)CC3)n2)c1. The van der Waals surface area contributed by atoms with Crippen molar-refractivity contribution in [2.75, 3.05) is 36.8 Å². The molecule has 7 heteroatoms. The second-order valence-electron chi connectivity index (χ2n) is 8.13. The molecule has 0 radical (unpaired) electrons. The lowest BCUT2D eigenvalue weighted by Crippen LogP contribution is -2.37. The van der Waals surface area contributed by atoms with E-state index < -0.39 is 0 Å². The minimum atomic E-state index is -0.207. The molecule has 0 amide bonds. The summed E-state index contributed by atoms with van der Waals surface area (Å²) in [4.78, 5) is 29.8. The van der Waals surface area contributed by atoms with Crippen molar-refractivity contribution in [1.82, 2.24) is 15.0 Å². The molecule has 0 atom stereocenters.